The molecule has 0 saturated heterocycles. The van der Waals surface area contributed by atoms with Gasteiger partial charge in [-0.25, -0.2) is 0 Å². The average Bonchev–Trinajstić information content (AvgIpc) is 2.11. The average molecular weight is 228 g/mol. The van der Waals surface area contributed by atoms with E-state index < -0.39 is 11.7 Å². The van der Waals surface area contributed by atoms with Crippen LogP contribution < -0.4 is 0 Å². The number of rotatable bonds is 0. The fourth-order valence-electron chi connectivity index (χ4n) is 0.787. The zero-order valence-electron chi connectivity index (χ0n) is 5.61. The molecule has 0 aliphatic carbocycles. The Morgan fingerprint density at radius 1 is 1.45 bits per heavy atom. The first-order valence-electron chi connectivity index (χ1n) is 2.84. The van der Waals surface area contributed by atoms with Crippen LogP contribution in [0.25, 0.3) is 0 Å². The minimum absolute atomic E-state index is 0.164. The van der Waals surface area contributed by atoms with Crippen LogP contribution >= 0.6 is 16.1 Å². The summed E-state index contributed by atoms with van der Waals surface area (Å²) in [5.41, 5.74) is -0.438. The zero-order chi connectivity index (χ0) is 8.65. The second-order valence-electron chi connectivity index (χ2n) is 2.12. The van der Waals surface area contributed by atoms with E-state index in [2.05, 4.69) is 16.1 Å². The predicted molar refractivity (Wildman–Crippen MR) is 38.5 cm³/mol. The molecule has 1 aromatic rings. The third-order valence-electron chi connectivity index (χ3n) is 1.39. The molecule has 0 aliphatic rings. The van der Waals surface area contributed by atoms with Crippen molar-refractivity contribution >= 4 is 16.1 Å². The second kappa shape index (κ2) is 2.55. The molecule has 1 nitrogen and oxygen atoms in total. The van der Waals surface area contributed by atoms with Crippen LogP contribution in [0.5, 0.6) is 0 Å². The molecule has 0 spiro atoms. The first-order valence-corrected chi connectivity index (χ1v) is 3.55. The van der Waals surface area contributed by atoms with E-state index in [0.717, 1.165) is 6.07 Å². The topological polar surface area (TPSA) is 4.93 Å². The lowest BCUT2D eigenvalue weighted by molar-refractivity contribution is -0.137. The Hall–Kier alpha value is -0.450. The van der Waals surface area contributed by atoms with Gasteiger partial charge in [-0.05, 0) is 13.0 Å². The van der Waals surface area contributed by atoms with Crippen LogP contribution in [0.4, 0.5) is 13.2 Å². The lowest BCUT2D eigenvalue weighted by Gasteiger charge is -2.04. The molecular weight excluding hydrogens is 223 g/mol. The molecule has 0 aliphatic heterocycles. The van der Waals surface area contributed by atoms with Gasteiger partial charge in [0, 0.05) is 11.9 Å². The number of halogens is 4. The van der Waals surface area contributed by atoms with Gasteiger partial charge < -0.3 is 0 Å². The Morgan fingerprint density at radius 2 is 2.00 bits per heavy atom. The van der Waals surface area contributed by atoms with Crippen LogP contribution in [0.2, 0.25) is 0 Å². The molecular formula is C6H5BrF3N. The Labute approximate surface area is 70.2 Å². The van der Waals surface area contributed by atoms with Crippen molar-refractivity contribution in [2.75, 3.05) is 0 Å². The molecule has 1 heterocycles. The first-order chi connectivity index (χ1) is 4.93. The van der Waals surface area contributed by atoms with Gasteiger partial charge in [-0.3, -0.25) is 3.59 Å². The highest BCUT2D eigenvalue weighted by atomic mass is 79.9. The van der Waals surface area contributed by atoms with Crippen molar-refractivity contribution in [1.82, 2.24) is 3.59 Å². The van der Waals surface area contributed by atoms with Gasteiger partial charge in [0.15, 0.2) is 0 Å². The SMILES string of the molecule is Cc1c(C(F)(F)F)ccn1Br. The molecule has 0 amide bonds. The third kappa shape index (κ3) is 1.58. The van der Waals surface area contributed by atoms with Gasteiger partial charge in [0.25, 0.3) is 0 Å². The molecule has 0 atom stereocenters. The highest BCUT2D eigenvalue weighted by Crippen LogP contribution is 2.32. The number of hydrogen-bond donors (Lipinski definition) is 0. The summed E-state index contributed by atoms with van der Waals surface area (Å²) in [7, 11) is 0. The predicted octanol–water partition coefficient (Wildman–Crippen LogP) is 2.97. The van der Waals surface area contributed by atoms with E-state index in [-0.39, 0.29) is 5.69 Å². The summed E-state index contributed by atoms with van der Waals surface area (Å²) in [6, 6.07) is 1.03. The molecule has 0 radical (unpaired) electrons. The summed E-state index contributed by atoms with van der Waals surface area (Å²) >= 11 is 2.93. The largest absolute Gasteiger partial charge is 0.418 e. The molecule has 0 saturated carbocycles. The van der Waals surface area contributed by atoms with Gasteiger partial charge in [-0.1, -0.05) is 0 Å². The van der Waals surface area contributed by atoms with E-state index in [1.54, 1.807) is 0 Å². The number of alkyl halides is 3. The summed E-state index contributed by atoms with van der Waals surface area (Å²) in [6.07, 6.45) is -2.93. The van der Waals surface area contributed by atoms with Gasteiger partial charge in [-0.2, -0.15) is 13.2 Å². The minimum Gasteiger partial charge on any atom is -0.288 e. The van der Waals surface area contributed by atoms with Gasteiger partial charge in [-0.15, -0.1) is 0 Å². The third-order valence-corrected chi connectivity index (χ3v) is 2.16. The van der Waals surface area contributed by atoms with Crippen LogP contribution in [-0.4, -0.2) is 3.59 Å². The van der Waals surface area contributed by atoms with Crippen molar-refractivity contribution in [2.45, 2.75) is 13.1 Å². The Balaban J connectivity index is 3.15. The van der Waals surface area contributed by atoms with Gasteiger partial charge in [0.05, 0.1) is 21.7 Å². The highest BCUT2D eigenvalue weighted by Gasteiger charge is 2.33. The van der Waals surface area contributed by atoms with Gasteiger partial charge in [0.1, 0.15) is 0 Å². The summed E-state index contributed by atoms with van der Waals surface area (Å²) in [6.45, 7) is 1.40. The molecule has 1 aromatic heterocycles. The Kier molecular flexibility index (Phi) is 2.00. The van der Waals surface area contributed by atoms with E-state index in [4.69, 9.17) is 0 Å². The Bertz CT molecular complexity index is 263. The highest BCUT2D eigenvalue weighted by molar-refractivity contribution is 9.08. The lowest BCUT2D eigenvalue weighted by atomic mass is 10.2. The van der Waals surface area contributed by atoms with Crippen LogP contribution in [0.15, 0.2) is 12.3 Å². The van der Waals surface area contributed by atoms with Crippen LogP contribution in [0, 0.1) is 6.92 Å². The van der Waals surface area contributed by atoms with Crippen LogP contribution in [0.3, 0.4) is 0 Å². The fourth-order valence-corrected chi connectivity index (χ4v) is 1.10. The summed E-state index contributed by atoms with van der Waals surface area (Å²) in [5, 5.41) is 0. The zero-order valence-corrected chi connectivity index (χ0v) is 7.20. The maximum atomic E-state index is 12.0. The van der Waals surface area contributed by atoms with E-state index in [0.29, 0.717) is 0 Å². The molecule has 0 unspecified atom stereocenters. The van der Waals surface area contributed by atoms with Crippen molar-refractivity contribution < 1.29 is 13.2 Å². The maximum absolute atomic E-state index is 12.0. The fraction of sp³-hybridized carbons (Fsp3) is 0.333. The molecule has 0 N–H and O–H groups in total. The van der Waals surface area contributed by atoms with Crippen molar-refractivity contribution in [1.29, 1.82) is 0 Å². The minimum atomic E-state index is -4.25. The van der Waals surface area contributed by atoms with Crippen LogP contribution in [-0.2, 0) is 6.18 Å². The van der Waals surface area contributed by atoms with Crippen molar-refractivity contribution in [2.24, 2.45) is 0 Å². The van der Waals surface area contributed by atoms with E-state index in [1.807, 2.05) is 0 Å². The monoisotopic (exact) mass is 227 g/mol. The van der Waals surface area contributed by atoms with Gasteiger partial charge >= 0.3 is 6.18 Å². The summed E-state index contributed by atoms with van der Waals surface area (Å²) in [5.74, 6) is 0. The van der Waals surface area contributed by atoms with Gasteiger partial charge in [0.2, 0.25) is 0 Å². The molecule has 0 fully saturated rings. The maximum Gasteiger partial charge on any atom is 0.418 e. The summed E-state index contributed by atoms with van der Waals surface area (Å²) < 4.78 is 37.3. The molecule has 0 aromatic carbocycles. The quantitative estimate of drug-likeness (QED) is 0.643. The molecule has 1 rings (SSSR count). The molecule has 5 heteroatoms. The van der Waals surface area contributed by atoms with E-state index >= 15 is 0 Å². The van der Waals surface area contributed by atoms with Crippen molar-refractivity contribution in [3.8, 4) is 0 Å². The number of hydrogen-bond acceptors (Lipinski definition) is 0. The molecule has 11 heavy (non-hydrogen) atoms. The summed E-state index contributed by atoms with van der Waals surface area (Å²) in [4.78, 5) is 0. The normalized spacial score (nSPS) is 12.1. The van der Waals surface area contributed by atoms with E-state index in [1.165, 1.54) is 16.7 Å². The standard InChI is InChI=1S/C6H5BrF3N/c1-4-5(6(8,9)10)2-3-11(4)7/h2-3H,1H3. The smallest absolute Gasteiger partial charge is 0.288 e. The van der Waals surface area contributed by atoms with E-state index in [9.17, 15) is 13.2 Å². The number of nitrogens with zero attached hydrogens (tertiary/aromatic N) is 1. The van der Waals surface area contributed by atoms with Crippen molar-refractivity contribution in [3.05, 3.63) is 23.5 Å². The second-order valence-corrected chi connectivity index (χ2v) is 2.89. The molecule has 0 bridgehead atoms. The first kappa shape index (κ1) is 8.64. The molecule has 62 valence electrons. The Morgan fingerprint density at radius 3 is 2.18 bits per heavy atom. The lowest BCUT2D eigenvalue weighted by Crippen LogP contribution is -2.05. The van der Waals surface area contributed by atoms with Crippen molar-refractivity contribution in [3.63, 3.8) is 0 Å². The van der Waals surface area contributed by atoms with Crippen LogP contribution in [0.1, 0.15) is 11.3 Å². The number of aromatic nitrogens is 1.